The van der Waals surface area contributed by atoms with Gasteiger partial charge in [0.1, 0.15) is 5.75 Å². The van der Waals surface area contributed by atoms with Gasteiger partial charge in [0.05, 0.1) is 7.11 Å². The van der Waals surface area contributed by atoms with E-state index in [0.717, 1.165) is 11.7 Å². The third kappa shape index (κ3) is 2.31. The van der Waals surface area contributed by atoms with Gasteiger partial charge in [-0.2, -0.15) is 0 Å². The van der Waals surface area contributed by atoms with E-state index in [1.807, 2.05) is 6.07 Å². The van der Waals surface area contributed by atoms with Gasteiger partial charge in [0.25, 0.3) is 0 Å². The molecule has 88 valence electrons. The Labute approximate surface area is 98.0 Å². The summed E-state index contributed by atoms with van der Waals surface area (Å²) in [6.45, 7) is 4.47. The molecule has 1 aromatic carbocycles. The van der Waals surface area contributed by atoms with Crippen LogP contribution in [0.1, 0.15) is 31.7 Å². The molecule has 0 aliphatic heterocycles. The molecule has 2 unspecified atom stereocenters. The molecule has 16 heavy (non-hydrogen) atoms. The van der Waals surface area contributed by atoms with E-state index in [-0.39, 0.29) is 0 Å². The molecule has 1 aromatic rings. The summed E-state index contributed by atoms with van der Waals surface area (Å²) in [5.41, 5.74) is 2.51. The van der Waals surface area contributed by atoms with Crippen LogP contribution in [0.5, 0.6) is 5.75 Å². The summed E-state index contributed by atoms with van der Waals surface area (Å²) in [7, 11) is 1.71. The highest BCUT2D eigenvalue weighted by Crippen LogP contribution is 2.30. The Morgan fingerprint density at radius 2 is 2.12 bits per heavy atom. The van der Waals surface area contributed by atoms with Crippen molar-refractivity contribution in [3.8, 4) is 5.75 Å². The molecule has 1 N–H and O–H groups in total. The molecule has 2 rings (SSSR count). The first-order chi connectivity index (χ1) is 7.70. The zero-order chi connectivity index (χ0) is 11.5. The monoisotopic (exact) mass is 219 g/mol. The Kier molecular flexibility index (Phi) is 3.37. The van der Waals surface area contributed by atoms with Crippen molar-refractivity contribution in [1.29, 1.82) is 0 Å². The molecule has 1 aliphatic carbocycles. The van der Waals surface area contributed by atoms with Gasteiger partial charge in [-0.3, -0.25) is 0 Å². The second-order valence-electron chi connectivity index (χ2n) is 4.84. The molecule has 1 aliphatic rings. The Bertz CT molecular complexity index is 362. The van der Waals surface area contributed by atoms with E-state index in [9.17, 15) is 0 Å². The minimum absolute atomic E-state index is 0.630. The fraction of sp³-hybridized carbons (Fsp3) is 0.571. The first-order valence-corrected chi connectivity index (χ1v) is 6.12. The number of nitrogens with one attached hydrogen (secondary N) is 1. The third-order valence-corrected chi connectivity index (χ3v) is 3.65. The first-order valence-electron chi connectivity index (χ1n) is 6.12. The van der Waals surface area contributed by atoms with Gasteiger partial charge in [-0.1, -0.05) is 19.4 Å². The maximum atomic E-state index is 5.26. The number of hydrogen-bond acceptors (Lipinski definition) is 2. The van der Waals surface area contributed by atoms with E-state index in [2.05, 4.69) is 31.3 Å². The molecule has 2 nitrogen and oxygen atoms in total. The summed E-state index contributed by atoms with van der Waals surface area (Å²) >= 11 is 0. The molecule has 0 radical (unpaired) electrons. The lowest BCUT2D eigenvalue weighted by atomic mass is 10.1. The van der Waals surface area contributed by atoms with Crippen LogP contribution in [0, 0.1) is 12.8 Å². The predicted octanol–water partition coefficient (Wildman–Crippen LogP) is 3.60. The number of benzene rings is 1. The maximum absolute atomic E-state index is 5.26. The van der Waals surface area contributed by atoms with E-state index in [1.54, 1.807) is 7.11 Å². The van der Waals surface area contributed by atoms with Crippen molar-refractivity contribution >= 4 is 5.69 Å². The van der Waals surface area contributed by atoms with Crippen molar-refractivity contribution in [3.63, 3.8) is 0 Å². The molecule has 0 amide bonds. The number of anilines is 1. The highest BCUT2D eigenvalue weighted by Gasteiger charge is 2.23. The van der Waals surface area contributed by atoms with Crippen LogP contribution in [0.15, 0.2) is 18.2 Å². The van der Waals surface area contributed by atoms with Gasteiger partial charge < -0.3 is 10.1 Å². The molecular weight excluding hydrogens is 198 g/mol. The molecule has 0 bridgehead atoms. The summed E-state index contributed by atoms with van der Waals surface area (Å²) in [5.74, 6) is 1.71. The van der Waals surface area contributed by atoms with Gasteiger partial charge >= 0.3 is 0 Å². The van der Waals surface area contributed by atoms with Crippen molar-refractivity contribution in [2.24, 2.45) is 5.92 Å². The minimum Gasteiger partial charge on any atom is -0.497 e. The first kappa shape index (κ1) is 11.3. The maximum Gasteiger partial charge on any atom is 0.120 e. The van der Waals surface area contributed by atoms with Crippen LogP contribution >= 0.6 is 0 Å². The van der Waals surface area contributed by atoms with Gasteiger partial charge in [0, 0.05) is 17.8 Å². The van der Waals surface area contributed by atoms with Crippen molar-refractivity contribution in [3.05, 3.63) is 23.8 Å². The van der Waals surface area contributed by atoms with Crippen LogP contribution in [0.3, 0.4) is 0 Å². The van der Waals surface area contributed by atoms with E-state index >= 15 is 0 Å². The fourth-order valence-electron chi connectivity index (χ4n) is 2.44. The standard InChI is InChI=1S/C14H21NO/c1-10-5-4-6-13(10)15-14-9-12(16-3)8-7-11(14)2/h7-10,13,15H,4-6H2,1-3H3. The molecule has 1 fully saturated rings. The number of ether oxygens (including phenoxy) is 1. The SMILES string of the molecule is COc1ccc(C)c(NC2CCCC2C)c1. The second kappa shape index (κ2) is 4.77. The van der Waals surface area contributed by atoms with Crippen LogP contribution in [0.25, 0.3) is 0 Å². The van der Waals surface area contributed by atoms with Gasteiger partial charge in [0.15, 0.2) is 0 Å². The summed E-state index contributed by atoms with van der Waals surface area (Å²) in [4.78, 5) is 0. The third-order valence-electron chi connectivity index (χ3n) is 3.65. The van der Waals surface area contributed by atoms with Crippen molar-refractivity contribution < 1.29 is 4.74 Å². The Hall–Kier alpha value is -1.18. The van der Waals surface area contributed by atoms with Crippen LogP contribution in [-0.4, -0.2) is 13.2 Å². The molecule has 2 heteroatoms. The van der Waals surface area contributed by atoms with E-state index in [4.69, 9.17) is 4.74 Å². The molecule has 2 atom stereocenters. The minimum atomic E-state index is 0.630. The number of rotatable bonds is 3. The fourth-order valence-corrected chi connectivity index (χ4v) is 2.44. The summed E-state index contributed by atoms with van der Waals surface area (Å²) in [6, 6.07) is 6.85. The second-order valence-corrected chi connectivity index (χ2v) is 4.84. The Balaban J connectivity index is 2.13. The van der Waals surface area contributed by atoms with Gasteiger partial charge in [-0.05, 0) is 37.3 Å². The van der Waals surface area contributed by atoms with Crippen molar-refractivity contribution in [2.75, 3.05) is 12.4 Å². The quantitative estimate of drug-likeness (QED) is 0.838. The summed E-state index contributed by atoms with van der Waals surface area (Å²) in [6.07, 6.45) is 3.99. The van der Waals surface area contributed by atoms with E-state index in [1.165, 1.54) is 30.5 Å². The van der Waals surface area contributed by atoms with Crippen LogP contribution in [-0.2, 0) is 0 Å². The highest BCUT2D eigenvalue weighted by atomic mass is 16.5. The van der Waals surface area contributed by atoms with E-state index < -0.39 is 0 Å². The lowest BCUT2D eigenvalue weighted by Crippen LogP contribution is -2.22. The topological polar surface area (TPSA) is 21.3 Å². The molecule has 0 heterocycles. The number of hydrogen-bond donors (Lipinski definition) is 1. The van der Waals surface area contributed by atoms with Crippen LogP contribution in [0.4, 0.5) is 5.69 Å². The summed E-state index contributed by atoms with van der Waals surface area (Å²) < 4.78 is 5.26. The zero-order valence-corrected chi connectivity index (χ0v) is 10.4. The zero-order valence-electron chi connectivity index (χ0n) is 10.4. The lowest BCUT2D eigenvalue weighted by Gasteiger charge is -2.20. The lowest BCUT2D eigenvalue weighted by molar-refractivity contribution is 0.415. The Morgan fingerprint density at radius 1 is 1.31 bits per heavy atom. The van der Waals surface area contributed by atoms with Gasteiger partial charge in [-0.15, -0.1) is 0 Å². The predicted molar refractivity (Wildman–Crippen MR) is 68.2 cm³/mol. The molecule has 0 saturated heterocycles. The average Bonchev–Trinajstić information content (AvgIpc) is 2.68. The molecular formula is C14H21NO. The van der Waals surface area contributed by atoms with Crippen LogP contribution < -0.4 is 10.1 Å². The number of methoxy groups -OCH3 is 1. The van der Waals surface area contributed by atoms with Gasteiger partial charge in [-0.25, -0.2) is 0 Å². The normalized spacial score (nSPS) is 24.4. The molecule has 0 spiro atoms. The number of aryl methyl sites for hydroxylation is 1. The smallest absolute Gasteiger partial charge is 0.120 e. The molecule has 0 aromatic heterocycles. The van der Waals surface area contributed by atoms with Gasteiger partial charge in [0.2, 0.25) is 0 Å². The van der Waals surface area contributed by atoms with E-state index in [0.29, 0.717) is 6.04 Å². The van der Waals surface area contributed by atoms with Crippen molar-refractivity contribution in [2.45, 2.75) is 39.2 Å². The largest absolute Gasteiger partial charge is 0.497 e. The summed E-state index contributed by atoms with van der Waals surface area (Å²) in [5, 5.41) is 3.65. The average molecular weight is 219 g/mol. The highest BCUT2D eigenvalue weighted by molar-refractivity contribution is 5.55. The molecule has 1 saturated carbocycles. The van der Waals surface area contributed by atoms with Crippen molar-refractivity contribution in [1.82, 2.24) is 0 Å². The Morgan fingerprint density at radius 3 is 2.75 bits per heavy atom. The van der Waals surface area contributed by atoms with Crippen LogP contribution in [0.2, 0.25) is 0 Å².